The summed E-state index contributed by atoms with van der Waals surface area (Å²) < 4.78 is 9.41. The average molecular weight is 308 g/mol. The second-order valence-corrected chi connectivity index (χ2v) is 4.19. The molecule has 1 aromatic carbocycles. The summed E-state index contributed by atoms with van der Waals surface area (Å²) in [4.78, 5) is 25.7. The van der Waals surface area contributed by atoms with E-state index in [1.165, 1.54) is 0 Å². The van der Waals surface area contributed by atoms with Crippen LogP contribution in [0.3, 0.4) is 0 Å². The molecule has 2 N–H and O–H groups in total. The van der Waals surface area contributed by atoms with Crippen LogP contribution in [0.1, 0.15) is 5.56 Å². The van der Waals surface area contributed by atoms with Crippen LogP contribution in [0.4, 0.5) is 4.79 Å². The molecule has 0 aliphatic heterocycles. The first-order chi connectivity index (χ1) is 10.6. The smallest absolute Gasteiger partial charge is 0.408 e. The van der Waals surface area contributed by atoms with E-state index in [-0.39, 0.29) is 6.61 Å². The van der Waals surface area contributed by atoms with Gasteiger partial charge in [-0.25, -0.2) is 9.59 Å². The first-order valence-electron chi connectivity index (χ1n) is 6.32. The molecule has 0 aliphatic rings. The van der Waals surface area contributed by atoms with Crippen LogP contribution in [-0.4, -0.2) is 43.0 Å². The minimum absolute atomic E-state index is 0.00695. The number of amides is 1. The van der Waals surface area contributed by atoms with Gasteiger partial charge >= 0.3 is 12.1 Å². The quantitative estimate of drug-likeness (QED) is 0.337. The van der Waals surface area contributed by atoms with E-state index in [1.54, 1.807) is 24.3 Å². The van der Waals surface area contributed by atoms with Gasteiger partial charge in [0.25, 0.3) is 0 Å². The molecule has 9 heteroatoms. The number of nitrogens with zero attached hydrogens (tertiary/aromatic N) is 3. The lowest BCUT2D eigenvalue weighted by molar-refractivity contribution is -0.145. The van der Waals surface area contributed by atoms with Crippen molar-refractivity contribution < 1.29 is 24.2 Å². The highest BCUT2D eigenvalue weighted by molar-refractivity contribution is 5.81. The number of aliphatic hydroxyl groups is 1. The average Bonchev–Trinajstić information content (AvgIpc) is 2.55. The van der Waals surface area contributed by atoms with Gasteiger partial charge in [0.05, 0.1) is 19.8 Å². The number of methoxy groups -OCH3 is 1. The van der Waals surface area contributed by atoms with Gasteiger partial charge in [-0.1, -0.05) is 35.4 Å². The molecular weight excluding hydrogens is 292 g/mol. The highest BCUT2D eigenvalue weighted by Gasteiger charge is 2.29. The van der Waals surface area contributed by atoms with Gasteiger partial charge in [-0.2, -0.15) is 0 Å². The van der Waals surface area contributed by atoms with Gasteiger partial charge < -0.3 is 19.9 Å². The molecule has 118 valence electrons. The van der Waals surface area contributed by atoms with Crippen molar-refractivity contribution in [2.75, 3.05) is 13.7 Å². The van der Waals surface area contributed by atoms with E-state index in [1.807, 2.05) is 6.07 Å². The summed E-state index contributed by atoms with van der Waals surface area (Å²) >= 11 is 0. The number of benzene rings is 1. The van der Waals surface area contributed by atoms with Gasteiger partial charge in [-0.15, -0.1) is 0 Å². The third-order valence-electron chi connectivity index (χ3n) is 2.66. The van der Waals surface area contributed by atoms with Crippen LogP contribution < -0.4 is 5.32 Å². The third-order valence-corrected chi connectivity index (χ3v) is 2.66. The van der Waals surface area contributed by atoms with Crippen molar-refractivity contribution in [2.24, 2.45) is 5.11 Å². The molecule has 0 bridgehead atoms. The molecule has 22 heavy (non-hydrogen) atoms. The minimum Gasteiger partial charge on any atom is -0.467 e. The van der Waals surface area contributed by atoms with Gasteiger partial charge in [-0.3, -0.25) is 0 Å². The third kappa shape index (κ3) is 5.70. The molecule has 1 amide bonds. The maximum atomic E-state index is 11.7. The van der Waals surface area contributed by atoms with Crippen molar-refractivity contribution in [2.45, 2.75) is 18.8 Å². The lowest BCUT2D eigenvalue weighted by Gasteiger charge is -2.20. The van der Waals surface area contributed by atoms with Gasteiger partial charge in [0, 0.05) is 4.91 Å². The normalized spacial score (nSPS) is 12.5. The zero-order valence-corrected chi connectivity index (χ0v) is 11.9. The fourth-order valence-corrected chi connectivity index (χ4v) is 1.56. The summed E-state index contributed by atoms with van der Waals surface area (Å²) in [5, 5.41) is 15.1. The maximum Gasteiger partial charge on any atom is 0.408 e. The predicted octanol–water partition coefficient (Wildman–Crippen LogP) is 1.13. The number of rotatable bonds is 7. The van der Waals surface area contributed by atoms with Gasteiger partial charge in [0.1, 0.15) is 6.61 Å². The number of azide groups is 1. The molecule has 0 saturated carbocycles. The molecule has 1 aromatic rings. The van der Waals surface area contributed by atoms with Crippen LogP contribution in [0, 0.1) is 0 Å². The first-order valence-corrected chi connectivity index (χ1v) is 6.32. The Bertz CT molecular complexity index is 545. The van der Waals surface area contributed by atoms with Crippen LogP contribution >= 0.6 is 0 Å². The van der Waals surface area contributed by atoms with Crippen molar-refractivity contribution in [1.29, 1.82) is 0 Å². The Hall–Kier alpha value is -2.77. The number of hydrogen-bond acceptors (Lipinski definition) is 6. The number of alkyl carbamates (subject to hydrolysis) is 1. The summed E-state index contributed by atoms with van der Waals surface area (Å²) in [5.74, 6) is -0.877. The zero-order chi connectivity index (χ0) is 16.4. The Kier molecular flexibility index (Phi) is 7.24. The standard InChI is InChI=1S/C13H16N4O5/c1-21-12(19)11(10(18)7-15-17-14)16-13(20)22-8-9-5-3-2-4-6-9/h2-6,10-11,18H,7-8H2,1H3,(H,16,20)/t10?,11-/m0/s1. The van der Waals surface area contributed by atoms with Crippen molar-refractivity contribution in [3.05, 3.63) is 46.3 Å². The number of carbonyl (C=O) groups excluding carboxylic acids is 2. The SMILES string of the molecule is COC(=O)[C@@H](NC(=O)OCc1ccccc1)C(O)CN=[N+]=[N-]. The molecular formula is C13H16N4O5. The number of ether oxygens (including phenoxy) is 2. The predicted molar refractivity (Wildman–Crippen MR) is 75.6 cm³/mol. The molecule has 1 rings (SSSR count). The van der Waals surface area contributed by atoms with Gasteiger partial charge in [-0.05, 0) is 11.1 Å². The fourth-order valence-electron chi connectivity index (χ4n) is 1.56. The van der Waals surface area contributed by atoms with E-state index in [0.717, 1.165) is 12.7 Å². The highest BCUT2D eigenvalue weighted by atomic mass is 16.6. The molecule has 9 nitrogen and oxygen atoms in total. The van der Waals surface area contributed by atoms with Crippen molar-refractivity contribution in [3.63, 3.8) is 0 Å². The Labute approximate surface area is 126 Å². The van der Waals surface area contributed by atoms with Crippen molar-refractivity contribution >= 4 is 12.1 Å². The molecule has 0 aliphatic carbocycles. The number of carbonyl (C=O) groups is 2. The van der Waals surface area contributed by atoms with Crippen LogP contribution in [0.2, 0.25) is 0 Å². The molecule has 0 fully saturated rings. The summed E-state index contributed by atoms with van der Waals surface area (Å²) in [7, 11) is 1.10. The largest absolute Gasteiger partial charge is 0.467 e. The summed E-state index contributed by atoms with van der Waals surface area (Å²) in [6.45, 7) is -0.387. The molecule has 0 radical (unpaired) electrons. The fraction of sp³-hybridized carbons (Fsp3) is 0.385. The molecule has 0 aromatic heterocycles. The van der Waals surface area contributed by atoms with Crippen molar-refractivity contribution in [1.82, 2.24) is 5.32 Å². The van der Waals surface area contributed by atoms with E-state index in [4.69, 9.17) is 10.3 Å². The summed E-state index contributed by atoms with van der Waals surface area (Å²) in [6, 6.07) is 7.54. The lowest BCUT2D eigenvalue weighted by atomic mass is 10.1. The van der Waals surface area contributed by atoms with Gasteiger partial charge in [0.15, 0.2) is 6.04 Å². The van der Waals surface area contributed by atoms with E-state index in [0.29, 0.717) is 0 Å². The highest BCUT2D eigenvalue weighted by Crippen LogP contribution is 2.03. The first kappa shape index (κ1) is 17.3. The molecule has 1 unspecified atom stereocenters. The van der Waals surface area contributed by atoms with Crippen LogP contribution in [-0.2, 0) is 20.9 Å². The summed E-state index contributed by atoms with van der Waals surface area (Å²) in [5.41, 5.74) is 8.97. The number of nitrogens with one attached hydrogen (secondary N) is 1. The Morgan fingerprint density at radius 2 is 2.09 bits per heavy atom. The van der Waals surface area contributed by atoms with Crippen LogP contribution in [0.5, 0.6) is 0 Å². The monoisotopic (exact) mass is 308 g/mol. The van der Waals surface area contributed by atoms with E-state index < -0.39 is 30.8 Å². The maximum absolute atomic E-state index is 11.7. The van der Waals surface area contributed by atoms with Gasteiger partial charge in [0.2, 0.25) is 0 Å². The molecule has 0 spiro atoms. The number of esters is 1. The Morgan fingerprint density at radius 3 is 2.68 bits per heavy atom. The molecule has 0 heterocycles. The summed E-state index contributed by atoms with van der Waals surface area (Å²) in [6.07, 6.45) is -2.33. The van der Waals surface area contributed by atoms with Crippen molar-refractivity contribution in [3.8, 4) is 0 Å². The van der Waals surface area contributed by atoms with E-state index in [2.05, 4.69) is 20.1 Å². The zero-order valence-electron chi connectivity index (χ0n) is 11.9. The minimum atomic E-state index is -1.42. The van der Waals surface area contributed by atoms with E-state index >= 15 is 0 Å². The number of hydrogen-bond donors (Lipinski definition) is 2. The van der Waals surface area contributed by atoms with E-state index in [9.17, 15) is 14.7 Å². The molecule has 2 atom stereocenters. The number of aliphatic hydroxyl groups excluding tert-OH is 1. The Morgan fingerprint density at radius 1 is 1.41 bits per heavy atom. The van der Waals surface area contributed by atoms with Crippen LogP contribution in [0.25, 0.3) is 10.4 Å². The topological polar surface area (TPSA) is 134 Å². The Balaban J connectivity index is 2.58. The second kappa shape index (κ2) is 9.22. The molecule has 0 saturated heterocycles. The van der Waals surface area contributed by atoms with Crippen LogP contribution in [0.15, 0.2) is 35.4 Å². The second-order valence-electron chi connectivity index (χ2n) is 4.19. The lowest BCUT2D eigenvalue weighted by Crippen LogP contribution is -2.50.